The van der Waals surface area contributed by atoms with Crippen molar-refractivity contribution in [1.82, 2.24) is 0 Å². The number of hydrogen-bond donors (Lipinski definition) is 1. The lowest BCUT2D eigenvalue weighted by Gasteiger charge is -2.05. The number of benzene rings is 3. The van der Waals surface area contributed by atoms with Crippen molar-refractivity contribution < 1.29 is 14.3 Å². The highest BCUT2D eigenvalue weighted by Gasteiger charge is 2.36. The zero-order valence-corrected chi connectivity index (χ0v) is 12.9. The van der Waals surface area contributed by atoms with Gasteiger partial charge in [0, 0.05) is 11.8 Å². The first kappa shape index (κ1) is 14.3. The maximum atomic E-state index is 12.6. The second kappa shape index (κ2) is 5.09. The van der Waals surface area contributed by atoms with Gasteiger partial charge in [0.1, 0.15) is 11.3 Å². The van der Waals surface area contributed by atoms with E-state index < -0.39 is 0 Å². The molecule has 0 saturated carbocycles. The van der Waals surface area contributed by atoms with E-state index in [4.69, 9.17) is 10.5 Å². The maximum absolute atomic E-state index is 12.6. The van der Waals surface area contributed by atoms with Crippen molar-refractivity contribution in [2.24, 2.45) is 0 Å². The molecule has 5 nitrogen and oxygen atoms in total. The Bertz CT molecular complexity index is 1040. The number of ketones is 1. The quantitative estimate of drug-likeness (QED) is 0.447. The predicted octanol–water partition coefficient (Wildman–Crippen LogP) is 3.26. The van der Waals surface area contributed by atoms with Crippen LogP contribution in [-0.2, 0) is 0 Å². The number of nitrogen functional groups attached to an aromatic ring is 1. The fourth-order valence-electron chi connectivity index (χ4n) is 3.00. The number of nitrogens with two attached hydrogens (primary N) is 1. The van der Waals surface area contributed by atoms with Crippen LogP contribution in [0.4, 0.5) is 11.4 Å². The van der Waals surface area contributed by atoms with Gasteiger partial charge in [0.25, 0.3) is 11.5 Å². The van der Waals surface area contributed by atoms with Gasteiger partial charge in [0.2, 0.25) is 5.69 Å². The summed E-state index contributed by atoms with van der Waals surface area (Å²) in [6, 6.07) is 15.9. The van der Waals surface area contributed by atoms with Gasteiger partial charge in [0.15, 0.2) is 0 Å². The van der Waals surface area contributed by atoms with Crippen LogP contribution >= 0.6 is 0 Å². The van der Waals surface area contributed by atoms with E-state index >= 15 is 0 Å². The van der Waals surface area contributed by atoms with Crippen LogP contribution in [0.25, 0.3) is 10.8 Å². The van der Waals surface area contributed by atoms with Crippen LogP contribution in [0, 0.1) is 5.21 Å². The van der Waals surface area contributed by atoms with E-state index in [2.05, 4.69) is 0 Å². The summed E-state index contributed by atoms with van der Waals surface area (Å²) in [7, 11) is 1.61. The lowest BCUT2D eigenvalue weighted by molar-refractivity contribution is -0.355. The van der Waals surface area contributed by atoms with E-state index in [-0.39, 0.29) is 11.5 Å². The molecule has 2 N–H and O–H groups in total. The van der Waals surface area contributed by atoms with E-state index in [9.17, 15) is 10.0 Å². The Morgan fingerprint density at radius 1 is 1.00 bits per heavy atom. The first-order valence-electron chi connectivity index (χ1n) is 7.45. The molecule has 0 aromatic heterocycles. The summed E-state index contributed by atoms with van der Waals surface area (Å²) in [4.78, 5) is 12.6. The molecule has 3 aromatic rings. The fourth-order valence-corrected chi connectivity index (χ4v) is 3.00. The van der Waals surface area contributed by atoms with Gasteiger partial charge in [-0.3, -0.25) is 4.79 Å². The van der Waals surface area contributed by atoms with Gasteiger partial charge in [-0.25, -0.2) is 0 Å². The van der Waals surface area contributed by atoms with E-state index in [0.29, 0.717) is 27.2 Å². The molecule has 0 radical (unpaired) electrons. The van der Waals surface area contributed by atoms with Crippen LogP contribution in [0.1, 0.15) is 15.9 Å². The second-order valence-electron chi connectivity index (χ2n) is 5.68. The van der Waals surface area contributed by atoms with E-state index in [1.165, 1.54) is 6.07 Å². The van der Waals surface area contributed by atoms with Crippen molar-refractivity contribution in [2.75, 3.05) is 12.8 Å². The molecular weight excluding hydrogens is 304 g/mol. The number of rotatable bonds is 2. The van der Waals surface area contributed by atoms with Gasteiger partial charge in [0.05, 0.1) is 12.7 Å². The maximum Gasteiger partial charge on any atom is 0.272 e. The highest BCUT2D eigenvalue weighted by molar-refractivity contribution is 6.52. The molecule has 0 amide bonds. The molecule has 24 heavy (non-hydrogen) atoms. The summed E-state index contributed by atoms with van der Waals surface area (Å²) >= 11 is 0. The number of carbonyl (C=O) groups excluding carboxylic acids is 1. The number of carbonyl (C=O) groups is 1. The average Bonchev–Trinajstić information content (AvgIpc) is 2.84. The molecule has 0 atom stereocenters. The molecule has 118 valence electrons. The number of nitrogens with zero attached hydrogens (tertiary/aromatic N) is 1. The first-order chi connectivity index (χ1) is 11.6. The molecule has 5 heteroatoms. The summed E-state index contributed by atoms with van der Waals surface area (Å²) in [5.74, 6) is 0.473. The minimum absolute atomic E-state index is 0.119. The van der Waals surface area contributed by atoms with E-state index in [0.717, 1.165) is 16.5 Å². The minimum Gasteiger partial charge on any atom is -0.618 e. The molecule has 0 saturated heterocycles. The zero-order valence-electron chi connectivity index (χ0n) is 12.9. The molecule has 3 aromatic carbocycles. The number of anilines is 1. The standard InChI is InChI=1S/C19H14N2O3/c1-24-15-6-4-11-8-13(3-2-12(11)9-15)18-19(22)16-7-5-14(20)10-17(16)21(18)23/h2-10H,20H2,1H3. The highest BCUT2D eigenvalue weighted by Crippen LogP contribution is 2.31. The lowest BCUT2D eigenvalue weighted by Crippen LogP contribution is -2.16. The number of ether oxygens (including phenoxy) is 1. The summed E-state index contributed by atoms with van der Waals surface area (Å²) in [6.07, 6.45) is 0. The summed E-state index contributed by atoms with van der Waals surface area (Å²) in [6.45, 7) is 0. The molecule has 1 aliphatic rings. The minimum atomic E-state index is -0.284. The van der Waals surface area contributed by atoms with Gasteiger partial charge >= 0.3 is 0 Å². The fraction of sp³-hybridized carbons (Fsp3) is 0.0526. The molecular formula is C19H14N2O3. The van der Waals surface area contributed by atoms with Crippen LogP contribution < -0.4 is 10.5 Å². The Labute approximate surface area is 138 Å². The van der Waals surface area contributed by atoms with Gasteiger partial charge < -0.3 is 15.7 Å². The van der Waals surface area contributed by atoms with Crippen LogP contribution in [0.2, 0.25) is 0 Å². The number of methoxy groups -OCH3 is 1. The van der Waals surface area contributed by atoms with Crippen LogP contribution in [0.3, 0.4) is 0 Å². The third kappa shape index (κ3) is 2.02. The van der Waals surface area contributed by atoms with Gasteiger partial charge in [-0.1, -0.05) is 12.1 Å². The monoisotopic (exact) mass is 318 g/mol. The Morgan fingerprint density at radius 3 is 2.54 bits per heavy atom. The lowest BCUT2D eigenvalue weighted by atomic mass is 9.99. The Balaban J connectivity index is 1.87. The van der Waals surface area contributed by atoms with Crippen molar-refractivity contribution in [3.05, 3.63) is 70.9 Å². The van der Waals surface area contributed by atoms with Gasteiger partial charge in [-0.15, -0.1) is 0 Å². The van der Waals surface area contributed by atoms with Crippen molar-refractivity contribution in [1.29, 1.82) is 0 Å². The van der Waals surface area contributed by atoms with Crippen LogP contribution in [0.5, 0.6) is 5.75 Å². The summed E-state index contributed by atoms with van der Waals surface area (Å²) in [5.41, 5.74) is 7.56. The van der Waals surface area contributed by atoms with Crippen LogP contribution in [-0.4, -0.2) is 23.3 Å². The third-order valence-corrected chi connectivity index (χ3v) is 4.22. The second-order valence-corrected chi connectivity index (χ2v) is 5.68. The van der Waals surface area contributed by atoms with Crippen LogP contribution in [0.15, 0.2) is 54.6 Å². The molecule has 0 aliphatic carbocycles. The highest BCUT2D eigenvalue weighted by atomic mass is 16.5. The van der Waals surface area contributed by atoms with Crippen molar-refractivity contribution >= 4 is 33.6 Å². The summed E-state index contributed by atoms with van der Waals surface area (Å²) < 4.78 is 5.88. The molecule has 1 heterocycles. The summed E-state index contributed by atoms with van der Waals surface area (Å²) in [5, 5.41) is 14.5. The Hall–Kier alpha value is -3.34. The SMILES string of the molecule is COc1ccc2cc(C3=[N+]([O-])c4cc(N)ccc4C3=O)ccc2c1. The van der Waals surface area contributed by atoms with Gasteiger partial charge in [-0.05, 0) is 47.2 Å². The van der Waals surface area contributed by atoms with Crippen molar-refractivity contribution in [3.63, 3.8) is 0 Å². The number of hydrogen-bond acceptors (Lipinski definition) is 4. The molecule has 4 rings (SSSR count). The van der Waals surface area contributed by atoms with E-state index in [1.807, 2.05) is 30.3 Å². The third-order valence-electron chi connectivity index (χ3n) is 4.22. The number of Topliss-reactive ketones (excluding diaryl/α,β-unsaturated/α-hetero) is 1. The largest absolute Gasteiger partial charge is 0.618 e. The first-order valence-corrected chi connectivity index (χ1v) is 7.45. The normalized spacial score (nSPS) is 13.5. The topological polar surface area (TPSA) is 78.4 Å². The molecule has 0 bridgehead atoms. The zero-order chi connectivity index (χ0) is 16.8. The predicted molar refractivity (Wildman–Crippen MR) is 93.1 cm³/mol. The Morgan fingerprint density at radius 2 is 1.75 bits per heavy atom. The van der Waals surface area contributed by atoms with E-state index in [1.54, 1.807) is 25.3 Å². The molecule has 1 aliphatic heterocycles. The molecule has 0 spiro atoms. The molecule has 0 fully saturated rings. The smallest absolute Gasteiger partial charge is 0.272 e. The average molecular weight is 318 g/mol. The Kier molecular flexibility index (Phi) is 3.03. The van der Waals surface area contributed by atoms with Gasteiger partial charge in [-0.2, -0.15) is 4.74 Å². The number of fused-ring (bicyclic) bond motifs is 2. The van der Waals surface area contributed by atoms with Crippen molar-refractivity contribution in [2.45, 2.75) is 0 Å². The molecule has 0 unspecified atom stereocenters. The van der Waals surface area contributed by atoms with Crippen molar-refractivity contribution in [3.8, 4) is 5.75 Å².